The minimum atomic E-state index is -1.43. The van der Waals surface area contributed by atoms with Gasteiger partial charge >= 0.3 is 17.9 Å². The number of carboxylic acids is 1. The molecule has 4 unspecified atom stereocenters. The molecule has 0 heterocycles. The van der Waals surface area contributed by atoms with Gasteiger partial charge in [0.1, 0.15) is 36.4 Å². The van der Waals surface area contributed by atoms with Crippen LogP contribution in [0.25, 0.3) is 0 Å². The van der Waals surface area contributed by atoms with Crippen molar-refractivity contribution in [2.45, 2.75) is 163 Å². The number of hydrogen-bond donors (Lipinski definition) is 2. The molecule has 2 rings (SSSR count). The highest BCUT2D eigenvalue weighted by molar-refractivity contribution is 5.94. The number of benzene rings is 2. The van der Waals surface area contributed by atoms with Crippen LogP contribution in [0.1, 0.15) is 113 Å². The Labute approximate surface area is 433 Å². The number of nitrogens with zero attached hydrogens (tertiary/aromatic N) is 4. The zero-order valence-electron chi connectivity index (χ0n) is 46.2. The molecule has 0 radical (unpaired) electrons. The van der Waals surface area contributed by atoms with Gasteiger partial charge in [0.2, 0.25) is 0 Å². The van der Waals surface area contributed by atoms with Crippen LogP contribution in [0, 0.1) is 29.1 Å². The molecule has 18 heteroatoms. The van der Waals surface area contributed by atoms with Crippen LogP contribution in [0.3, 0.4) is 0 Å². The first-order valence-electron chi connectivity index (χ1n) is 25.1. The van der Waals surface area contributed by atoms with E-state index in [1.165, 1.54) is 68.7 Å². The van der Waals surface area contributed by atoms with Gasteiger partial charge in [0, 0.05) is 55.1 Å². The Hall–Kier alpha value is -6.17. The standard InChI is InChI=1S/C53H81N5O11.C2H4O2/c1-33(2)26-41(32-59)55(11)48(60)38(10)68-52(64)44(29-36(7)8)58(14)50(62)46(31-40-24-20-17-21-25-40)69-53(65)42(27-34(3)4)56(12)47(54)37(9)67-51(63)43(28-35(5)6)57(13)49(61)45(66-15)30-39-22-18-16-19-23-39;1-2(3)4/h16-25,32-38,41-46,54H,26-31H2,1-15H3;1H3,(H,3,4)/t37?,38?,41-,42-,43-,44-,45?,46?;/m0./s1. The number of nitrogens with one attached hydrogen (secondary N) is 1. The summed E-state index contributed by atoms with van der Waals surface area (Å²) in [7, 11) is 7.40. The first-order chi connectivity index (χ1) is 34.1. The molecule has 0 aliphatic carbocycles. The summed E-state index contributed by atoms with van der Waals surface area (Å²) in [5, 5.41) is 16.6. The number of methoxy groups -OCH3 is 1. The highest BCUT2D eigenvalue weighted by Gasteiger charge is 2.40. The van der Waals surface area contributed by atoms with Gasteiger partial charge in [-0.05, 0) is 74.3 Å². The van der Waals surface area contributed by atoms with Crippen molar-refractivity contribution in [3.05, 3.63) is 71.8 Å². The largest absolute Gasteiger partial charge is 0.481 e. The molecule has 73 heavy (non-hydrogen) atoms. The Morgan fingerprint density at radius 3 is 1.23 bits per heavy atom. The van der Waals surface area contributed by atoms with Gasteiger partial charge in [0.05, 0.1) is 6.04 Å². The van der Waals surface area contributed by atoms with Gasteiger partial charge < -0.3 is 48.4 Å². The lowest BCUT2D eigenvalue weighted by Gasteiger charge is -2.35. The fourth-order valence-corrected chi connectivity index (χ4v) is 7.97. The van der Waals surface area contributed by atoms with Crippen LogP contribution in [0.4, 0.5) is 0 Å². The van der Waals surface area contributed by atoms with Crippen molar-refractivity contribution in [1.29, 1.82) is 5.41 Å². The molecule has 0 aromatic heterocycles. The van der Waals surface area contributed by atoms with Gasteiger partial charge in [-0.2, -0.15) is 0 Å². The zero-order valence-corrected chi connectivity index (χ0v) is 46.2. The number of ether oxygens (including phenoxy) is 4. The molecular weight excluding hydrogens is 939 g/mol. The third kappa shape index (κ3) is 22.2. The summed E-state index contributed by atoms with van der Waals surface area (Å²) in [4.78, 5) is 110. The smallest absolute Gasteiger partial charge is 0.329 e. The Morgan fingerprint density at radius 2 is 0.863 bits per heavy atom. The second kappa shape index (κ2) is 32.1. The third-order valence-corrected chi connectivity index (χ3v) is 12.0. The summed E-state index contributed by atoms with van der Waals surface area (Å²) in [5.74, 6) is -5.19. The second-order valence-electron chi connectivity index (χ2n) is 20.3. The quantitative estimate of drug-likeness (QED) is 0.0305. The van der Waals surface area contributed by atoms with E-state index in [1.807, 2.05) is 91.8 Å². The summed E-state index contributed by atoms with van der Waals surface area (Å²) in [6, 6.07) is 14.3. The summed E-state index contributed by atoms with van der Waals surface area (Å²) in [5.41, 5.74) is 1.56. The average molecular weight is 1020 g/mol. The van der Waals surface area contributed by atoms with E-state index in [9.17, 15) is 39.0 Å². The molecule has 0 spiro atoms. The number of amidine groups is 1. The van der Waals surface area contributed by atoms with Crippen molar-refractivity contribution < 1.29 is 62.4 Å². The fourth-order valence-electron chi connectivity index (χ4n) is 7.97. The minimum Gasteiger partial charge on any atom is -0.481 e. The van der Waals surface area contributed by atoms with E-state index in [0.29, 0.717) is 24.7 Å². The normalized spacial score (nSPS) is 14.5. The van der Waals surface area contributed by atoms with Crippen LogP contribution in [0.15, 0.2) is 60.7 Å². The van der Waals surface area contributed by atoms with Crippen LogP contribution in [0.2, 0.25) is 0 Å². The summed E-state index contributed by atoms with van der Waals surface area (Å²) < 4.78 is 23.3. The van der Waals surface area contributed by atoms with Crippen molar-refractivity contribution in [2.24, 2.45) is 23.7 Å². The van der Waals surface area contributed by atoms with E-state index >= 15 is 0 Å². The number of hydrogen-bond acceptors (Lipinski definition) is 13. The third-order valence-electron chi connectivity index (χ3n) is 12.0. The van der Waals surface area contributed by atoms with Crippen LogP contribution in [0.5, 0.6) is 0 Å². The SMILES string of the molecule is CC(=O)O.COC(Cc1ccccc1)C(=O)N(C)[C@@H](CC(C)C)C(=O)OC(C)C(=N)N(C)[C@@H](CC(C)C)C(=O)OC(Cc1ccccc1)C(=O)N(C)[C@@H](CC(C)C)C(=O)OC(C)C(=O)N(C)[C@H](C=O)CC(C)C. The molecular formula is C55H85N5O13. The molecule has 0 aliphatic rings. The number of carbonyl (C=O) groups is 8. The molecule has 2 aromatic carbocycles. The monoisotopic (exact) mass is 1020 g/mol. The van der Waals surface area contributed by atoms with Gasteiger partial charge in [-0.15, -0.1) is 0 Å². The molecule has 0 aliphatic heterocycles. The van der Waals surface area contributed by atoms with Crippen LogP contribution in [-0.4, -0.2) is 162 Å². The molecule has 0 saturated heterocycles. The molecule has 0 bridgehead atoms. The lowest BCUT2D eigenvalue weighted by molar-refractivity contribution is -0.170. The second-order valence-corrected chi connectivity index (χ2v) is 20.3. The van der Waals surface area contributed by atoms with Gasteiger partial charge in [-0.1, -0.05) is 116 Å². The van der Waals surface area contributed by atoms with Crippen LogP contribution in [-0.2, 0) is 70.1 Å². The summed E-state index contributed by atoms with van der Waals surface area (Å²) >= 11 is 0. The fraction of sp³-hybridized carbons (Fsp3) is 0.618. The number of aldehydes is 1. The predicted molar refractivity (Wildman–Crippen MR) is 278 cm³/mol. The van der Waals surface area contributed by atoms with E-state index < -0.39 is 90.2 Å². The Bertz CT molecular complexity index is 2080. The molecule has 3 amide bonds. The highest BCUT2D eigenvalue weighted by Crippen LogP contribution is 2.23. The molecule has 8 atom stereocenters. The number of carboxylic acid groups (broad SMARTS) is 1. The average Bonchev–Trinajstić information content (AvgIpc) is 3.32. The van der Waals surface area contributed by atoms with Gasteiger partial charge in [-0.3, -0.25) is 24.6 Å². The van der Waals surface area contributed by atoms with Crippen LogP contribution < -0.4 is 0 Å². The molecule has 0 saturated carbocycles. The Kier molecular flexibility index (Phi) is 28.5. The lowest BCUT2D eigenvalue weighted by Crippen LogP contribution is -2.53. The predicted octanol–water partition coefficient (Wildman–Crippen LogP) is 6.49. The number of rotatable bonds is 28. The summed E-state index contributed by atoms with van der Waals surface area (Å²) in [6.45, 7) is 19.2. The van der Waals surface area contributed by atoms with E-state index in [4.69, 9.17) is 28.8 Å². The maximum atomic E-state index is 14.6. The first kappa shape index (κ1) is 64.8. The lowest BCUT2D eigenvalue weighted by atomic mass is 10.00. The molecule has 408 valence electrons. The van der Waals surface area contributed by atoms with Crippen molar-refractivity contribution in [1.82, 2.24) is 19.6 Å². The van der Waals surface area contributed by atoms with E-state index in [0.717, 1.165) is 12.5 Å². The van der Waals surface area contributed by atoms with Crippen molar-refractivity contribution in [3.8, 4) is 0 Å². The molecule has 0 fully saturated rings. The molecule has 2 N–H and O–H groups in total. The molecule has 18 nitrogen and oxygen atoms in total. The zero-order chi connectivity index (χ0) is 55.9. The van der Waals surface area contributed by atoms with Crippen molar-refractivity contribution in [2.75, 3.05) is 35.3 Å². The van der Waals surface area contributed by atoms with Gasteiger partial charge in [0.25, 0.3) is 23.7 Å². The van der Waals surface area contributed by atoms with Gasteiger partial charge in [-0.25, -0.2) is 14.4 Å². The minimum absolute atomic E-state index is 0.0102. The van der Waals surface area contributed by atoms with E-state index in [2.05, 4.69) is 0 Å². The van der Waals surface area contributed by atoms with Crippen molar-refractivity contribution in [3.63, 3.8) is 0 Å². The maximum absolute atomic E-state index is 14.6. The van der Waals surface area contributed by atoms with E-state index in [1.54, 1.807) is 24.3 Å². The van der Waals surface area contributed by atoms with Crippen LogP contribution >= 0.6 is 0 Å². The number of amides is 3. The van der Waals surface area contributed by atoms with E-state index in [-0.39, 0.29) is 55.2 Å². The highest BCUT2D eigenvalue weighted by atomic mass is 16.6. The number of aliphatic carboxylic acids is 1. The number of carbonyl (C=O) groups excluding carboxylic acids is 7. The Balaban J connectivity index is 0.00000640. The number of esters is 3. The Morgan fingerprint density at radius 1 is 0.521 bits per heavy atom. The maximum Gasteiger partial charge on any atom is 0.329 e. The van der Waals surface area contributed by atoms with Gasteiger partial charge in [0.15, 0.2) is 18.3 Å². The van der Waals surface area contributed by atoms with Crippen molar-refractivity contribution >= 4 is 53.7 Å². The number of likely N-dealkylation sites (N-methyl/N-ethyl adjacent to an activating group) is 4. The molecule has 2 aromatic rings. The first-order valence-corrected chi connectivity index (χ1v) is 25.1. The topological polar surface area (TPSA) is 231 Å². The summed E-state index contributed by atoms with van der Waals surface area (Å²) in [6.07, 6.45) is -2.75.